The quantitative estimate of drug-likeness (QED) is 0.318. The summed E-state index contributed by atoms with van der Waals surface area (Å²) in [6, 6.07) is 12.4. The van der Waals surface area contributed by atoms with Crippen molar-refractivity contribution in [2.24, 2.45) is 0 Å². The lowest BCUT2D eigenvalue weighted by Crippen LogP contribution is -2.06. The van der Waals surface area contributed by atoms with Crippen molar-refractivity contribution in [3.05, 3.63) is 86.2 Å². The van der Waals surface area contributed by atoms with Gasteiger partial charge in [-0.1, -0.05) is 37.6 Å². The highest BCUT2D eigenvalue weighted by Crippen LogP contribution is 2.27. The molecule has 3 rings (SSSR count). The van der Waals surface area contributed by atoms with Gasteiger partial charge in [0.05, 0.1) is 0 Å². The molecule has 0 fully saturated rings. The molecule has 0 aliphatic carbocycles. The Morgan fingerprint density at radius 3 is 2.71 bits per heavy atom. The molecule has 1 aromatic heterocycles. The van der Waals surface area contributed by atoms with Gasteiger partial charge < -0.3 is 9.15 Å². The van der Waals surface area contributed by atoms with Gasteiger partial charge in [0.1, 0.15) is 12.2 Å². The van der Waals surface area contributed by atoms with E-state index in [0.29, 0.717) is 22.1 Å². The number of esters is 1. The molecule has 0 radical (unpaired) electrons. The number of aryl methyl sites for hydroxylation is 1. The lowest BCUT2D eigenvalue weighted by Gasteiger charge is -2.13. The maximum atomic E-state index is 12.1. The summed E-state index contributed by atoms with van der Waals surface area (Å²) in [6.45, 7) is 6.19. The Kier molecular flexibility index (Phi) is 6.00. The van der Waals surface area contributed by atoms with E-state index >= 15 is 0 Å². The van der Waals surface area contributed by atoms with Crippen LogP contribution < -0.4 is 5.63 Å². The van der Waals surface area contributed by atoms with Crippen molar-refractivity contribution in [3.8, 4) is 0 Å². The fourth-order valence-corrected chi connectivity index (χ4v) is 3.30. The Labute approximate surface area is 168 Å². The topological polar surface area (TPSA) is 56.5 Å². The third kappa shape index (κ3) is 4.70. The highest BCUT2D eigenvalue weighted by molar-refractivity contribution is 6.30. The van der Waals surface area contributed by atoms with Gasteiger partial charge in [0.25, 0.3) is 0 Å². The molecule has 4 nitrogen and oxygen atoms in total. The molecule has 0 aliphatic heterocycles. The van der Waals surface area contributed by atoms with Crippen LogP contribution in [0.5, 0.6) is 0 Å². The fourth-order valence-electron chi connectivity index (χ4n) is 3.10. The lowest BCUT2D eigenvalue weighted by atomic mass is 9.95. The van der Waals surface area contributed by atoms with Crippen LogP contribution in [0.3, 0.4) is 0 Å². The van der Waals surface area contributed by atoms with E-state index in [0.717, 1.165) is 22.1 Å². The second kappa shape index (κ2) is 8.44. The second-order valence-electron chi connectivity index (χ2n) is 6.95. The molecular weight excluding hydrogens is 376 g/mol. The molecule has 3 aromatic rings. The van der Waals surface area contributed by atoms with E-state index in [-0.39, 0.29) is 6.61 Å². The SMILES string of the molecule is Cc1cc2oc(=O)cc(COC(=O)C=Cc3cccc(Cl)c3)c2cc1C(C)C. The maximum Gasteiger partial charge on any atom is 0.336 e. The molecule has 0 aliphatic rings. The average Bonchev–Trinajstić information content (AvgIpc) is 2.63. The van der Waals surface area contributed by atoms with Gasteiger partial charge in [-0.2, -0.15) is 0 Å². The molecule has 0 unspecified atom stereocenters. The summed E-state index contributed by atoms with van der Waals surface area (Å²) >= 11 is 5.93. The second-order valence-corrected chi connectivity index (χ2v) is 7.38. The van der Waals surface area contributed by atoms with Crippen LogP contribution in [0.2, 0.25) is 5.02 Å². The minimum atomic E-state index is -0.502. The van der Waals surface area contributed by atoms with E-state index < -0.39 is 11.6 Å². The number of hydrogen-bond acceptors (Lipinski definition) is 4. The molecule has 144 valence electrons. The van der Waals surface area contributed by atoms with Crippen molar-refractivity contribution < 1.29 is 13.9 Å². The highest BCUT2D eigenvalue weighted by atomic mass is 35.5. The number of carbonyl (C=O) groups excluding carboxylic acids is 1. The largest absolute Gasteiger partial charge is 0.458 e. The zero-order valence-corrected chi connectivity index (χ0v) is 16.7. The van der Waals surface area contributed by atoms with Crippen molar-refractivity contribution >= 4 is 34.6 Å². The average molecular weight is 397 g/mol. The van der Waals surface area contributed by atoms with E-state index in [2.05, 4.69) is 13.8 Å². The highest BCUT2D eigenvalue weighted by Gasteiger charge is 2.12. The van der Waals surface area contributed by atoms with Crippen LogP contribution in [0.25, 0.3) is 17.0 Å². The van der Waals surface area contributed by atoms with Crippen molar-refractivity contribution in [1.82, 2.24) is 0 Å². The Bertz CT molecular complexity index is 1110. The van der Waals surface area contributed by atoms with Crippen LogP contribution in [0.4, 0.5) is 0 Å². The van der Waals surface area contributed by atoms with E-state index in [9.17, 15) is 9.59 Å². The predicted octanol–water partition coefficient (Wildman–Crippen LogP) is 5.63. The first-order chi connectivity index (χ1) is 13.3. The van der Waals surface area contributed by atoms with Crippen LogP contribution in [-0.4, -0.2) is 5.97 Å². The maximum absolute atomic E-state index is 12.1. The Balaban J connectivity index is 1.82. The van der Waals surface area contributed by atoms with E-state index in [1.165, 1.54) is 12.1 Å². The first-order valence-corrected chi connectivity index (χ1v) is 9.39. The molecule has 1 heterocycles. The molecular formula is C23H21ClO4. The summed E-state index contributed by atoms with van der Waals surface area (Å²) in [4.78, 5) is 24.0. The molecule has 0 N–H and O–H groups in total. The predicted molar refractivity (Wildman–Crippen MR) is 112 cm³/mol. The number of ether oxygens (including phenoxy) is 1. The number of carbonyl (C=O) groups is 1. The first-order valence-electron chi connectivity index (χ1n) is 9.01. The zero-order chi connectivity index (χ0) is 20.3. The fraction of sp³-hybridized carbons (Fsp3) is 0.217. The number of rotatable bonds is 5. The summed E-state index contributed by atoms with van der Waals surface area (Å²) in [5, 5.41) is 1.37. The zero-order valence-electron chi connectivity index (χ0n) is 16.0. The first kappa shape index (κ1) is 19.9. The number of hydrogen-bond donors (Lipinski definition) is 0. The number of benzene rings is 2. The van der Waals surface area contributed by atoms with Crippen LogP contribution >= 0.6 is 11.6 Å². The summed E-state index contributed by atoms with van der Waals surface area (Å²) in [5.74, 6) is -0.176. The monoisotopic (exact) mass is 396 g/mol. The summed E-state index contributed by atoms with van der Waals surface area (Å²) in [6.07, 6.45) is 2.97. The third-order valence-corrected chi connectivity index (χ3v) is 4.70. The van der Waals surface area contributed by atoms with E-state index in [1.54, 1.807) is 24.3 Å². The molecule has 0 saturated carbocycles. The van der Waals surface area contributed by atoms with Crippen molar-refractivity contribution in [2.45, 2.75) is 33.3 Å². The Morgan fingerprint density at radius 1 is 1.21 bits per heavy atom. The van der Waals surface area contributed by atoms with Crippen molar-refractivity contribution in [3.63, 3.8) is 0 Å². The van der Waals surface area contributed by atoms with Crippen LogP contribution in [0, 0.1) is 6.92 Å². The summed E-state index contributed by atoms with van der Waals surface area (Å²) in [7, 11) is 0. The van der Waals surface area contributed by atoms with Gasteiger partial charge in [-0.05, 0) is 59.9 Å². The van der Waals surface area contributed by atoms with Crippen LogP contribution in [0.1, 0.15) is 42.0 Å². The summed E-state index contributed by atoms with van der Waals surface area (Å²) < 4.78 is 10.7. The summed E-state index contributed by atoms with van der Waals surface area (Å²) in [5.41, 5.74) is 3.67. The van der Waals surface area contributed by atoms with Gasteiger partial charge in [-0.15, -0.1) is 0 Å². The minimum Gasteiger partial charge on any atom is -0.458 e. The van der Waals surface area contributed by atoms with Crippen LogP contribution in [0.15, 0.2) is 57.8 Å². The van der Waals surface area contributed by atoms with Gasteiger partial charge in [-0.3, -0.25) is 0 Å². The number of fused-ring (bicyclic) bond motifs is 1. The molecule has 0 atom stereocenters. The van der Waals surface area contributed by atoms with Gasteiger partial charge in [0.2, 0.25) is 0 Å². The van der Waals surface area contributed by atoms with Gasteiger partial charge in [0, 0.05) is 28.1 Å². The molecule has 0 saturated heterocycles. The molecule has 0 bridgehead atoms. The Hall–Kier alpha value is -2.85. The van der Waals surface area contributed by atoms with E-state index in [1.807, 2.05) is 25.1 Å². The normalized spacial score (nSPS) is 11.5. The minimum absolute atomic E-state index is 0.0125. The third-order valence-electron chi connectivity index (χ3n) is 4.47. The van der Waals surface area contributed by atoms with Gasteiger partial charge >= 0.3 is 11.6 Å². The Morgan fingerprint density at radius 2 is 2.00 bits per heavy atom. The van der Waals surface area contributed by atoms with E-state index in [4.69, 9.17) is 20.8 Å². The van der Waals surface area contributed by atoms with Gasteiger partial charge in [-0.25, -0.2) is 9.59 Å². The van der Waals surface area contributed by atoms with Gasteiger partial charge in [0.15, 0.2) is 0 Å². The molecule has 5 heteroatoms. The smallest absolute Gasteiger partial charge is 0.336 e. The van der Waals surface area contributed by atoms with Crippen molar-refractivity contribution in [1.29, 1.82) is 0 Å². The van der Waals surface area contributed by atoms with Crippen LogP contribution in [-0.2, 0) is 16.1 Å². The lowest BCUT2D eigenvalue weighted by molar-refractivity contribution is -0.138. The molecule has 0 amide bonds. The molecule has 28 heavy (non-hydrogen) atoms. The molecule has 2 aromatic carbocycles. The van der Waals surface area contributed by atoms with Crippen molar-refractivity contribution in [2.75, 3.05) is 0 Å². The number of halogens is 1. The standard InChI is InChI=1S/C23H21ClO4/c1-14(2)19-12-20-17(11-23(26)28-21(20)9-15(19)3)13-27-22(25)8-7-16-5-4-6-18(24)10-16/h4-12,14H,13H2,1-3H3. The molecule has 0 spiro atoms.